The van der Waals surface area contributed by atoms with Gasteiger partial charge in [0, 0.05) is 0 Å². The molecule has 53 heavy (non-hydrogen) atoms. The predicted molar refractivity (Wildman–Crippen MR) is 219 cm³/mol. The third-order valence-corrected chi connectivity index (χ3v) is 10.1. The van der Waals surface area contributed by atoms with Gasteiger partial charge in [-0.2, -0.15) is 0 Å². The summed E-state index contributed by atoms with van der Waals surface area (Å²) in [5.74, 6) is 1.43. The minimum absolute atomic E-state index is 0.165. The quantitative estimate of drug-likeness (QED) is 0.0417. The van der Waals surface area contributed by atoms with E-state index in [1.165, 1.54) is 101 Å². The van der Waals surface area contributed by atoms with Gasteiger partial charge in [-0.05, 0) is 61.1 Å². The minimum atomic E-state index is -3.83. The second-order valence-corrected chi connectivity index (χ2v) is 16.2. The first-order valence-corrected chi connectivity index (χ1v) is 22.3. The Hall–Kier alpha value is -2.45. The fourth-order valence-electron chi connectivity index (χ4n) is 5.79. The molecule has 0 aliphatic heterocycles. The van der Waals surface area contributed by atoms with Crippen LogP contribution in [0.3, 0.4) is 0 Å². The van der Waals surface area contributed by atoms with Crippen molar-refractivity contribution in [3.8, 4) is 11.5 Å². The SMILES string of the molecule is C=CCOCC(COc1ccc(CCCCCCCCC)cc1)OCP(=O)(O)COC(COCC=C)COc1ccc(CCCCCCCCC)cc1. The molecule has 0 aromatic heterocycles. The Balaban J connectivity index is 1.80. The van der Waals surface area contributed by atoms with Crippen LogP contribution in [0.2, 0.25) is 0 Å². The molecule has 2 aromatic carbocycles. The lowest BCUT2D eigenvalue weighted by molar-refractivity contribution is -0.0271. The first-order chi connectivity index (χ1) is 25.9. The highest BCUT2D eigenvalue weighted by atomic mass is 31.2. The van der Waals surface area contributed by atoms with E-state index in [-0.39, 0.29) is 26.4 Å². The molecule has 0 heterocycles. The topological polar surface area (TPSA) is 92.7 Å². The molecule has 9 heteroatoms. The Bertz CT molecular complexity index is 1130. The summed E-state index contributed by atoms with van der Waals surface area (Å²) in [5.41, 5.74) is 2.58. The lowest BCUT2D eigenvalue weighted by atomic mass is 10.0. The first-order valence-electron chi connectivity index (χ1n) is 20.2. The Labute approximate surface area is 322 Å². The van der Waals surface area contributed by atoms with Crippen LogP contribution in [-0.4, -0.2) is 69.4 Å². The molecule has 2 rings (SSSR count). The maximum atomic E-state index is 13.2. The molecule has 0 aliphatic rings. The van der Waals surface area contributed by atoms with Crippen molar-refractivity contribution in [1.29, 1.82) is 0 Å². The average molecular weight is 759 g/mol. The number of hydrogen-bond acceptors (Lipinski definition) is 7. The molecule has 300 valence electrons. The van der Waals surface area contributed by atoms with Crippen LogP contribution in [0.15, 0.2) is 73.8 Å². The van der Waals surface area contributed by atoms with Crippen LogP contribution in [0.1, 0.15) is 115 Å². The molecular formula is C44H71O8P. The zero-order valence-corrected chi connectivity index (χ0v) is 34.0. The molecule has 0 bridgehead atoms. The molecular weight excluding hydrogens is 687 g/mol. The standard InChI is InChI=1S/C44H71O8P/c1-5-9-11-13-15-17-19-21-39-23-27-41(28-24-39)49-35-43(33-47-31-7-3)51-37-53(45,46)38-52-44(34-48-32-8-4)36-50-42-29-25-40(26-30-42)22-20-18-16-14-12-10-6-2/h7-8,23-30,43-44H,3-6,9-22,31-38H2,1-2H3,(H,45,46). The number of benzene rings is 2. The van der Waals surface area contributed by atoms with Gasteiger partial charge in [-0.3, -0.25) is 4.57 Å². The molecule has 8 nitrogen and oxygen atoms in total. The van der Waals surface area contributed by atoms with E-state index in [0.717, 1.165) is 12.8 Å². The van der Waals surface area contributed by atoms with Crippen LogP contribution in [0.25, 0.3) is 0 Å². The highest BCUT2D eigenvalue weighted by Gasteiger charge is 2.25. The van der Waals surface area contributed by atoms with Crippen molar-refractivity contribution in [1.82, 2.24) is 0 Å². The normalized spacial score (nSPS) is 13.6. The van der Waals surface area contributed by atoms with E-state index >= 15 is 0 Å². The molecule has 0 aliphatic carbocycles. The predicted octanol–water partition coefficient (Wildman–Crippen LogP) is 11.1. The second kappa shape index (κ2) is 30.8. The van der Waals surface area contributed by atoms with Crippen LogP contribution in [-0.2, 0) is 36.4 Å². The van der Waals surface area contributed by atoms with E-state index in [0.29, 0.717) is 24.7 Å². The minimum Gasteiger partial charge on any atom is -0.491 e. The molecule has 2 atom stereocenters. The van der Waals surface area contributed by atoms with Gasteiger partial charge < -0.3 is 33.3 Å². The van der Waals surface area contributed by atoms with E-state index in [1.807, 2.05) is 24.3 Å². The third kappa shape index (κ3) is 24.6. The van der Waals surface area contributed by atoms with Crippen molar-refractivity contribution in [2.45, 2.75) is 129 Å². The van der Waals surface area contributed by atoms with Gasteiger partial charge in [0.25, 0.3) is 0 Å². The van der Waals surface area contributed by atoms with Gasteiger partial charge in [-0.25, -0.2) is 0 Å². The summed E-state index contributed by atoms with van der Waals surface area (Å²) in [6.45, 7) is 13.3. The summed E-state index contributed by atoms with van der Waals surface area (Å²) in [7, 11) is -3.83. The maximum Gasteiger partial charge on any atom is 0.250 e. The Morgan fingerprint density at radius 3 is 1.28 bits per heavy atom. The van der Waals surface area contributed by atoms with Crippen molar-refractivity contribution in [3.05, 3.63) is 85.0 Å². The van der Waals surface area contributed by atoms with Crippen LogP contribution in [0.4, 0.5) is 0 Å². The number of rotatable bonds is 36. The van der Waals surface area contributed by atoms with Gasteiger partial charge in [0.1, 0.15) is 49.6 Å². The van der Waals surface area contributed by atoms with Gasteiger partial charge in [-0.1, -0.05) is 127 Å². The van der Waals surface area contributed by atoms with Crippen LogP contribution in [0.5, 0.6) is 11.5 Å². The Morgan fingerprint density at radius 1 is 0.566 bits per heavy atom. The Morgan fingerprint density at radius 2 is 0.925 bits per heavy atom. The summed E-state index contributed by atoms with van der Waals surface area (Å²) in [5, 5.41) is 0. The number of ether oxygens (including phenoxy) is 6. The van der Waals surface area contributed by atoms with Crippen LogP contribution >= 0.6 is 7.37 Å². The highest BCUT2D eigenvalue weighted by Crippen LogP contribution is 2.41. The fourth-order valence-corrected chi connectivity index (χ4v) is 6.75. The lowest BCUT2D eigenvalue weighted by Crippen LogP contribution is -2.30. The average Bonchev–Trinajstić information content (AvgIpc) is 3.17. The second-order valence-electron chi connectivity index (χ2n) is 14.0. The third-order valence-electron chi connectivity index (χ3n) is 8.96. The molecule has 0 saturated heterocycles. The fraction of sp³-hybridized carbons (Fsp3) is 0.636. The summed E-state index contributed by atoms with van der Waals surface area (Å²) < 4.78 is 48.1. The molecule has 1 N–H and O–H groups in total. The lowest BCUT2D eigenvalue weighted by Gasteiger charge is -2.23. The van der Waals surface area contributed by atoms with Crippen molar-refractivity contribution in [2.24, 2.45) is 0 Å². The largest absolute Gasteiger partial charge is 0.491 e. The van der Waals surface area contributed by atoms with Crippen LogP contribution in [0, 0.1) is 0 Å². The van der Waals surface area contributed by atoms with E-state index in [2.05, 4.69) is 51.3 Å². The first kappa shape index (κ1) is 46.7. The smallest absolute Gasteiger partial charge is 0.250 e. The zero-order valence-electron chi connectivity index (χ0n) is 33.1. The maximum absolute atomic E-state index is 13.2. The van der Waals surface area contributed by atoms with Crippen molar-refractivity contribution < 1.29 is 37.9 Å². The molecule has 2 aromatic rings. The van der Waals surface area contributed by atoms with Gasteiger partial charge in [0.15, 0.2) is 0 Å². The number of aryl methyl sites for hydroxylation is 2. The van der Waals surface area contributed by atoms with Crippen molar-refractivity contribution >= 4 is 7.37 Å². The van der Waals surface area contributed by atoms with E-state index in [4.69, 9.17) is 28.4 Å². The summed E-state index contributed by atoms with van der Waals surface area (Å²) >= 11 is 0. The molecule has 0 spiro atoms. The molecule has 0 fully saturated rings. The van der Waals surface area contributed by atoms with Gasteiger partial charge in [-0.15, -0.1) is 13.2 Å². The summed E-state index contributed by atoms with van der Waals surface area (Å²) in [4.78, 5) is 10.8. The number of unbranched alkanes of at least 4 members (excludes halogenated alkanes) is 12. The van der Waals surface area contributed by atoms with Crippen molar-refractivity contribution in [2.75, 3.05) is 52.3 Å². The van der Waals surface area contributed by atoms with Crippen molar-refractivity contribution in [3.63, 3.8) is 0 Å². The van der Waals surface area contributed by atoms with Gasteiger partial charge >= 0.3 is 0 Å². The van der Waals surface area contributed by atoms with Gasteiger partial charge in [0.2, 0.25) is 7.37 Å². The zero-order chi connectivity index (χ0) is 38.2. The molecule has 0 radical (unpaired) electrons. The van der Waals surface area contributed by atoms with Crippen LogP contribution < -0.4 is 9.47 Å². The van der Waals surface area contributed by atoms with Gasteiger partial charge in [0.05, 0.1) is 26.4 Å². The molecule has 0 amide bonds. The Kier molecular flexibility index (Phi) is 27.2. The molecule has 0 saturated carbocycles. The highest BCUT2D eigenvalue weighted by molar-refractivity contribution is 7.57. The van der Waals surface area contributed by atoms with E-state index < -0.39 is 32.3 Å². The van der Waals surface area contributed by atoms with E-state index in [1.54, 1.807) is 12.2 Å². The molecule has 2 unspecified atom stereocenters. The summed E-state index contributed by atoms with van der Waals surface area (Å²) in [6.07, 6.45) is 21.5. The number of hydrogen-bond donors (Lipinski definition) is 1. The monoisotopic (exact) mass is 758 g/mol. The van der Waals surface area contributed by atoms with E-state index in [9.17, 15) is 9.46 Å². The summed E-state index contributed by atoms with van der Waals surface area (Å²) in [6, 6.07) is 16.3.